The fraction of sp³-hybridized carbons (Fsp3) is 0.571. The van der Waals surface area contributed by atoms with Gasteiger partial charge in [0.2, 0.25) is 0 Å². The zero-order valence-corrected chi connectivity index (χ0v) is 18.0. The second kappa shape index (κ2) is 8.31. The predicted octanol–water partition coefficient (Wildman–Crippen LogP) is 3.25. The van der Waals surface area contributed by atoms with Crippen LogP contribution >= 0.6 is 0 Å². The highest BCUT2D eigenvalue weighted by molar-refractivity contribution is 5.99. The van der Waals surface area contributed by atoms with E-state index in [1.807, 2.05) is 0 Å². The summed E-state index contributed by atoms with van der Waals surface area (Å²) in [5, 5.41) is 0. The number of nitrogens with zero attached hydrogens (tertiary/aromatic N) is 1. The van der Waals surface area contributed by atoms with Crippen molar-refractivity contribution in [3.63, 3.8) is 0 Å². The summed E-state index contributed by atoms with van der Waals surface area (Å²) in [4.78, 5) is 38.2. The average molecular weight is 407 g/mol. The summed E-state index contributed by atoms with van der Waals surface area (Å²) in [6.45, 7) is 10.3. The topological polar surface area (TPSA) is 91.4 Å². The molecule has 0 spiro atoms. The fourth-order valence-electron chi connectivity index (χ4n) is 2.87. The van der Waals surface area contributed by atoms with Crippen molar-refractivity contribution in [2.45, 2.75) is 65.2 Å². The summed E-state index contributed by atoms with van der Waals surface area (Å²) in [5.74, 6) is -0.675. The van der Waals surface area contributed by atoms with Crippen LogP contribution in [0.4, 0.5) is 10.5 Å². The minimum absolute atomic E-state index is 0.275. The zero-order valence-electron chi connectivity index (χ0n) is 18.0. The minimum atomic E-state index is -0.828. The third-order valence-corrected chi connectivity index (χ3v) is 3.88. The molecule has 8 heteroatoms. The van der Waals surface area contributed by atoms with Crippen molar-refractivity contribution in [3.05, 3.63) is 23.8 Å². The number of esters is 2. The Balaban J connectivity index is 2.24. The molecule has 1 aromatic carbocycles. The Kier molecular flexibility index (Phi) is 6.45. The maximum Gasteiger partial charge on any atom is 0.415 e. The van der Waals surface area contributed by atoms with Crippen LogP contribution in [0.15, 0.2) is 18.2 Å². The van der Waals surface area contributed by atoms with Gasteiger partial charge in [-0.05, 0) is 53.2 Å². The van der Waals surface area contributed by atoms with Gasteiger partial charge in [0, 0.05) is 12.5 Å². The lowest BCUT2D eigenvalue weighted by atomic mass is 10.1. The van der Waals surface area contributed by atoms with E-state index in [4.69, 9.17) is 18.9 Å². The first-order chi connectivity index (χ1) is 13.3. The molecule has 8 nitrogen and oxygen atoms in total. The van der Waals surface area contributed by atoms with Gasteiger partial charge in [-0.1, -0.05) is 6.07 Å². The van der Waals surface area contributed by atoms with Crippen molar-refractivity contribution in [1.82, 2.24) is 0 Å². The maximum absolute atomic E-state index is 12.8. The number of amides is 1. The van der Waals surface area contributed by atoms with E-state index in [-0.39, 0.29) is 6.61 Å². The molecule has 0 bridgehead atoms. The number of ether oxygens (including phenoxy) is 4. The fourth-order valence-corrected chi connectivity index (χ4v) is 2.87. The Morgan fingerprint density at radius 2 is 1.66 bits per heavy atom. The van der Waals surface area contributed by atoms with Gasteiger partial charge in [-0.15, -0.1) is 0 Å². The number of hydrogen-bond acceptors (Lipinski definition) is 7. The van der Waals surface area contributed by atoms with Crippen LogP contribution in [0.25, 0.3) is 0 Å². The summed E-state index contributed by atoms with van der Waals surface area (Å²) in [6.07, 6.45) is -0.357. The van der Waals surface area contributed by atoms with Crippen LogP contribution in [-0.2, 0) is 30.2 Å². The highest BCUT2D eigenvalue weighted by Crippen LogP contribution is 2.36. The van der Waals surface area contributed by atoms with E-state index in [1.165, 1.54) is 12.0 Å². The van der Waals surface area contributed by atoms with Crippen LogP contribution in [-0.4, -0.2) is 49.0 Å². The van der Waals surface area contributed by atoms with Crippen LogP contribution in [0.2, 0.25) is 0 Å². The van der Waals surface area contributed by atoms with Crippen molar-refractivity contribution in [3.8, 4) is 5.75 Å². The van der Waals surface area contributed by atoms with Crippen LogP contribution in [0, 0.1) is 0 Å². The molecule has 1 amide bonds. The first-order valence-corrected chi connectivity index (χ1v) is 9.38. The van der Waals surface area contributed by atoms with Gasteiger partial charge >= 0.3 is 18.0 Å². The number of methoxy groups -OCH3 is 1. The number of hydrogen-bond donors (Lipinski definition) is 0. The van der Waals surface area contributed by atoms with Gasteiger partial charge in [0.15, 0.2) is 6.61 Å². The molecule has 0 N–H and O–H groups in total. The molecular formula is C21H29NO7. The molecule has 2 rings (SSSR count). The lowest BCUT2D eigenvalue weighted by Crippen LogP contribution is -2.45. The number of fused-ring (bicyclic) bond motifs is 1. The monoisotopic (exact) mass is 407 g/mol. The number of benzene rings is 1. The van der Waals surface area contributed by atoms with Crippen molar-refractivity contribution in [2.75, 3.05) is 18.6 Å². The molecule has 0 radical (unpaired) electrons. The molecule has 1 atom stereocenters. The Hall–Kier alpha value is -2.77. The molecule has 29 heavy (non-hydrogen) atoms. The SMILES string of the molecule is COC(=O)C1Cc2ccc(OCC(=O)OC(C)(C)C)cc2N1C(=O)OC(C)(C)C. The molecule has 1 unspecified atom stereocenters. The largest absolute Gasteiger partial charge is 0.482 e. The van der Waals surface area contributed by atoms with Crippen LogP contribution < -0.4 is 9.64 Å². The first kappa shape index (κ1) is 22.5. The quantitative estimate of drug-likeness (QED) is 0.559. The van der Waals surface area contributed by atoms with Crippen LogP contribution in [0.5, 0.6) is 5.75 Å². The standard InChI is InChI=1S/C21H29NO7/c1-20(2,3)28-17(23)12-27-14-9-8-13-10-16(18(24)26-7)22(15(13)11-14)19(25)29-21(4,5)6/h8-9,11,16H,10,12H2,1-7H3. The summed E-state index contributed by atoms with van der Waals surface area (Å²) in [7, 11) is 1.27. The Labute approximate surface area is 171 Å². The molecule has 1 aliphatic heterocycles. The molecular weight excluding hydrogens is 378 g/mol. The van der Waals surface area contributed by atoms with Gasteiger partial charge in [-0.3, -0.25) is 4.90 Å². The van der Waals surface area contributed by atoms with Gasteiger partial charge < -0.3 is 18.9 Å². The molecule has 160 valence electrons. The lowest BCUT2D eigenvalue weighted by Gasteiger charge is -2.28. The van der Waals surface area contributed by atoms with E-state index in [2.05, 4.69) is 0 Å². The number of carbonyl (C=O) groups excluding carboxylic acids is 3. The predicted molar refractivity (Wildman–Crippen MR) is 106 cm³/mol. The molecule has 0 fully saturated rings. The maximum atomic E-state index is 12.8. The molecule has 0 saturated carbocycles. The van der Waals surface area contributed by atoms with E-state index < -0.39 is 35.3 Å². The molecule has 0 aliphatic carbocycles. The van der Waals surface area contributed by atoms with E-state index in [0.29, 0.717) is 17.9 Å². The molecule has 0 aromatic heterocycles. The third kappa shape index (κ3) is 6.10. The molecule has 0 saturated heterocycles. The smallest absolute Gasteiger partial charge is 0.415 e. The molecule has 1 heterocycles. The van der Waals surface area contributed by atoms with Gasteiger partial charge in [-0.2, -0.15) is 0 Å². The van der Waals surface area contributed by atoms with Crippen LogP contribution in [0.1, 0.15) is 47.1 Å². The Morgan fingerprint density at radius 3 is 2.21 bits per heavy atom. The summed E-state index contributed by atoms with van der Waals surface area (Å²) < 4.78 is 21.1. The zero-order chi connectivity index (χ0) is 22.0. The van der Waals surface area contributed by atoms with Gasteiger partial charge in [0.25, 0.3) is 0 Å². The summed E-state index contributed by atoms with van der Waals surface area (Å²) in [6, 6.07) is 4.20. The highest BCUT2D eigenvalue weighted by Gasteiger charge is 2.41. The number of carbonyl (C=O) groups is 3. The van der Waals surface area contributed by atoms with E-state index >= 15 is 0 Å². The molecule has 1 aromatic rings. The van der Waals surface area contributed by atoms with Gasteiger partial charge in [-0.25, -0.2) is 14.4 Å². The average Bonchev–Trinajstić information content (AvgIpc) is 2.95. The normalized spacial score (nSPS) is 16.1. The van der Waals surface area contributed by atoms with Gasteiger partial charge in [0.05, 0.1) is 12.8 Å². The number of rotatable bonds is 4. The van der Waals surface area contributed by atoms with E-state index in [1.54, 1.807) is 59.7 Å². The van der Waals surface area contributed by atoms with Crippen molar-refractivity contribution >= 4 is 23.7 Å². The Morgan fingerprint density at radius 1 is 1.03 bits per heavy atom. The van der Waals surface area contributed by atoms with Crippen LogP contribution in [0.3, 0.4) is 0 Å². The highest BCUT2D eigenvalue weighted by atomic mass is 16.6. The van der Waals surface area contributed by atoms with Crippen molar-refractivity contribution < 1.29 is 33.3 Å². The lowest BCUT2D eigenvalue weighted by molar-refractivity contribution is -0.157. The van der Waals surface area contributed by atoms with E-state index in [9.17, 15) is 14.4 Å². The van der Waals surface area contributed by atoms with E-state index in [0.717, 1.165) is 5.56 Å². The minimum Gasteiger partial charge on any atom is -0.482 e. The second-order valence-electron chi connectivity index (χ2n) is 8.76. The van der Waals surface area contributed by atoms with Gasteiger partial charge in [0.1, 0.15) is 23.0 Å². The first-order valence-electron chi connectivity index (χ1n) is 9.38. The second-order valence-corrected chi connectivity index (χ2v) is 8.76. The molecule has 1 aliphatic rings. The summed E-state index contributed by atoms with van der Waals surface area (Å²) >= 11 is 0. The number of anilines is 1. The Bertz CT molecular complexity index is 789. The van der Waals surface area contributed by atoms with Crippen molar-refractivity contribution in [1.29, 1.82) is 0 Å². The van der Waals surface area contributed by atoms with Crippen molar-refractivity contribution in [2.24, 2.45) is 0 Å². The summed E-state index contributed by atoms with van der Waals surface area (Å²) in [5.41, 5.74) is -0.0856. The third-order valence-electron chi connectivity index (χ3n) is 3.88.